The van der Waals surface area contributed by atoms with Gasteiger partial charge in [-0.3, -0.25) is 9.36 Å². The second kappa shape index (κ2) is 5.93. The monoisotopic (exact) mass is 329 g/mol. The predicted octanol–water partition coefficient (Wildman–Crippen LogP) is 3.01. The van der Waals surface area contributed by atoms with Gasteiger partial charge in [0.05, 0.1) is 17.1 Å². The number of amides is 1. The first kappa shape index (κ1) is 15.4. The molecule has 0 aliphatic heterocycles. The summed E-state index contributed by atoms with van der Waals surface area (Å²) in [6.45, 7) is 1.90. The molecule has 3 rings (SSSR count). The van der Waals surface area contributed by atoms with E-state index in [1.807, 2.05) is 25.1 Å². The average molecular weight is 330 g/mol. The van der Waals surface area contributed by atoms with Gasteiger partial charge in [-0.05, 0) is 42.8 Å². The molecule has 2 N–H and O–H groups in total. The standard InChI is InChI=1S/C17H16ClN3O2/c1-10(11-4-3-5-13(18)8-11)19-16(22)12-6-7-15-14(9-12)20-17(23)21(15)2/h3-10H,1-2H3,(H,19,22)(H,20,23). The Labute approximate surface area is 137 Å². The number of nitrogens with one attached hydrogen (secondary N) is 2. The first-order valence-electron chi connectivity index (χ1n) is 7.21. The van der Waals surface area contributed by atoms with Crippen molar-refractivity contribution in [3.63, 3.8) is 0 Å². The van der Waals surface area contributed by atoms with Crippen LogP contribution in [0, 0.1) is 0 Å². The number of hydrogen-bond acceptors (Lipinski definition) is 2. The van der Waals surface area contributed by atoms with Gasteiger partial charge in [0.15, 0.2) is 0 Å². The van der Waals surface area contributed by atoms with Crippen molar-refractivity contribution in [2.24, 2.45) is 7.05 Å². The van der Waals surface area contributed by atoms with Gasteiger partial charge in [-0.15, -0.1) is 0 Å². The van der Waals surface area contributed by atoms with Crippen molar-refractivity contribution in [3.05, 3.63) is 69.1 Å². The Morgan fingerprint density at radius 3 is 2.78 bits per heavy atom. The average Bonchev–Trinajstić information content (AvgIpc) is 2.81. The van der Waals surface area contributed by atoms with Gasteiger partial charge in [-0.25, -0.2) is 4.79 Å². The predicted molar refractivity (Wildman–Crippen MR) is 90.9 cm³/mol. The topological polar surface area (TPSA) is 66.9 Å². The molecule has 118 valence electrons. The lowest BCUT2D eigenvalue weighted by atomic mass is 10.1. The van der Waals surface area contributed by atoms with E-state index in [4.69, 9.17) is 11.6 Å². The minimum absolute atomic E-state index is 0.174. The van der Waals surface area contributed by atoms with Crippen LogP contribution in [0.5, 0.6) is 0 Å². The summed E-state index contributed by atoms with van der Waals surface area (Å²) >= 11 is 5.98. The Morgan fingerprint density at radius 1 is 1.26 bits per heavy atom. The summed E-state index contributed by atoms with van der Waals surface area (Å²) in [7, 11) is 1.68. The van der Waals surface area contributed by atoms with Crippen LogP contribution in [0.25, 0.3) is 11.0 Å². The summed E-state index contributed by atoms with van der Waals surface area (Å²) in [5.41, 5.74) is 2.62. The van der Waals surface area contributed by atoms with Gasteiger partial charge >= 0.3 is 5.69 Å². The van der Waals surface area contributed by atoms with Crippen LogP contribution in [0.15, 0.2) is 47.3 Å². The molecule has 0 saturated carbocycles. The summed E-state index contributed by atoms with van der Waals surface area (Å²) in [6.07, 6.45) is 0. The van der Waals surface area contributed by atoms with Crippen LogP contribution >= 0.6 is 11.6 Å². The largest absolute Gasteiger partial charge is 0.346 e. The highest BCUT2D eigenvalue weighted by Gasteiger charge is 2.13. The number of nitrogens with zero attached hydrogens (tertiary/aromatic N) is 1. The number of H-pyrrole nitrogens is 1. The van der Waals surface area contributed by atoms with E-state index in [0.717, 1.165) is 11.1 Å². The molecule has 0 aliphatic rings. The van der Waals surface area contributed by atoms with Crippen LogP contribution in [0.2, 0.25) is 5.02 Å². The van der Waals surface area contributed by atoms with E-state index in [1.165, 1.54) is 4.57 Å². The van der Waals surface area contributed by atoms with Crippen LogP contribution < -0.4 is 11.0 Å². The van der Waals surface area contributed by atoms with E-state index in [2.05, 4.69) is 10.3 Å². The molecule has 1 atom stereocenters. The maximum atomic E-state index is 12.4. The fraction of sp³-hybridized carbons (Fsp3) is 0.176. The number of carbonyl (C=O) groups excluding carboxylic acids is 1. The zero-order valence-electron chi connectivity index (χ0n) is 12.8. The Bertz CT molecular complexity index is 942. The Kier molecular flexibility index (Phi) is 3.96. The fourth-order valence-corrected chi connectivity index (χ4v) is 2.72. The van der Waals surface area contributed by atoms with Gasteiger partial charge in [-0.1, -0.05) is 23.7 Å². The molecule has 1 unspecified atom stereocenters. The molecule has 23 heavy (non-hydrogen) atoms. The van der Waals surface area contributed by atoms with Gasteiger partial charge in [-0.2, -0.15) is 0 Å². The first-order valence-corrected chi connectivity index (χ1v) is 7.58. The lowest BCUT2D eigenvalue weighted by Crippen LogP contribution is -2.26. The molecule has 1 amide bonds. The molecule has 0 aliphatic carbocycles. The van der Waals surface area contributed by atoms with E-state index < -0.39 is 0 Å². The van der Waals surface area contributed by atoms with Crippen molar-refractivity contribution in [1.82, 2.24) is 14.9 Å². The normalized spacial score (nSPS) is 12.3. The van der Waals surface area contributed by atoms with Gasteiger partial charge in [0.2, 0.25) is 0 Å². The molecule has 0 fully saturated rings. The molecule has 1 aromatic heterocycles. The zero-order chi connectivity index (χ0) is 16.6. The number of carbonyl (C=O) groups is 1. The first-order chi connectivity index (χ1) is 11.0. The van der Waals surface area contributed by atoms with E-state index >= 15 is 0 Å². The van der Waals surface area contributed by atoms with Gasteiger partial charge in [0.1, 0.15) is 0 Å². The van der Waals surface area contributed by atoms with Crippen molar-refractivity contribution in [1.29, 1.82) is 0 Å². The molecule has 6 heteroatoms. The number of hydrogen-bond donors (Lipinski definition) is 2. The lowest BCUT2D eigenvalue weighted by molar-refractivity contribution is 0.0940. The van der Waals surface area contributed by atoms with Crippen molar-refractivity contribution in [2.75, 3.05) is 0 Å². The summed E-state index contributed by atoms with van der Waals surface area (Å²) in [5, 5.41) is 3.56. The van der Waals surface area contributed by atoms with E-state index in [-0.39, 0.29) is 17.6 Å². The number of aryl methyl sites for hydroxylation is 1. The molecule has 0 saturated heterocycles. The highest BCUT2D eigenvalue weighted by molar-refractivity contribution is 6.30. The third-order valence-electron chi connectivity index (χ3n) is 3.86. The van der Waals surface area contributed by atoms with Crippen molar-refractivity contribution < 1.29 is 4.79 Å². The summed E-state index contributed by atoms with van der Waals surface area (Å²) in [4.78, 5) is 26.7. The van der Waals surface area contributed by atoms with Crippen LogP contribution in [0.4, 0.5) is 0 Å². The summed E-state index contributed by atoms with van der Waals surface area (Å²) in [5.74, 6) is -0.205. The highest BCUT2D eigenvalue weighted by atomic mass is 35.5. The van der Waals surface area contributed by atoms with Crippen LogP contribution in [-0.2, 0) is 7.05 Å². The number of aromatic amines is 1. The second-order valence-electron chi connectivity index (χ2n) is 5.47. The molecule has 0 bridgehead atoms. The van der Waals surface area contributed by atoms with E-state index in [0.29, 0.717) is 16.1 Å². The third kappa shape index (κ3) is 3.00. The molecule has 0 spiro atoms. The molecule has 2 aromatic carbocycles. The van der Waals surface area contributed by atoms with Crippen molar-refractivity contribution >= 4 is 28.5 Å². The van der Waals surface area contributed by atoms with E-state index in [9.17, 15) is 9.59 Å². The quantitative estimate of drug-likeness (QED) is 0.775. The smallest absolute Gasteiger partial charge is 0.326 e. The Hall–Kier alpha value is -2.53. The number of rotatable bonds is 3. The molecule has 5 nitrogen and oxygen atoms in total. The molecular formula is C17H16ClN3O2. The molecule has 1 heterocycles. The van der Waals surface area contributed by atoms with Crippen LogP contribution in [0.3, 0.4) is 0 Å². The number of halogens is 1. The Morgan fingerprint density at radius 2 is 2.04 bits per heavy atom. The second-order valence-corrected chi connectivity index (χ2v) is 5.91. The van der Waals surface area contributed by atoms with Crippen LogP contribution in [0.1, 0.15) is 28.9 Å². The SMILES string of the molecule is CC(NC(=O)c1ccc2c(c1)[nH]c(=O)n2C)c1cccc(Cl)c1. The van der Waals surface area contributed by atoms with Gasteiger partial charge < -0.3 is 10.3 Å². The number of benzene rings is 2. The number of imidazole rings is 1. The van der Waals surface area contributed by atoms with Crippen molar-refractivity contribution in [3.8, 4) is 0 Å². The number of aromatic nitrogens is 2. The molecule has 0 radical (unpaired) electrons. The van der Waals surface area contributed by atoms with E-state index in [1.54, 1.807) is 31.3 Å². The zero-order valence-corrected chi connectivity index (χ0v) is 13.5. The number of fused-ring (bicyclic) bond motifs is 1. The molecular weight excluding hydrogens is 314 g/mol. The maximum absolute atomic E-state index is 12.4. The fourth-order valence-electron chi connectivity index (χ4n) is 2.52. The van der Waals surface area contributed by atoms with Gasteiger partial charge in [0, 0.05) is 17.6 Å². The lowest BCUT2D eigenvalue weighted by Gasteiger charge is -2.14. The highest BCUT2D eigenvalue weighted by Crippen LogP contribution is 2.18. The summed E-state index contributed by atoms with van der Waals surface area (Å²) < 4.78 is 1.51. The Balaban J connectivity index is 1.84. The molecule has 3 aromatic rings. The third-order valence-corrected chi connectivity index (χ3v) is 4.10. The van der Waals surface area contributed by atoms with Crippen LogP contribution in [-0.4, -0.2) is 15.5 Å². The van der Waals surface area contributed by atoms with Crippen molar-refractivity contribution in [2.45, 2.75) is 13.0 Å². The minimum atomic E-state index is -0.205. The van der Waals surface area contributed by atoms with Gasteiger partial charge in [0.25, 0.3) is 5.91 Å². The maximum Gasteiger partial charge on any atom is 0.326 e. The minimum Gasteiger partial charge on any atom is -0.346 e. The summed E-state index contributed by atoms with van der Waals surface area (Å²) in [6, 6.07) is 12.3.